The van der Waals surface area contributed by atoms with E-state index < -0.39 is 0 Å². The van der Waals surface area contributed by atoms with Gasteiger partial charge in [-0.25, -0.2) is 9.97 Å². The van der Waals surface area contributed by atoms with Gasteiger partial charge in [-0.15, -0.1) is 0 Å². The zero-order valence-electron chi connectivity index (χ0n) is 15.5. The maximum absolute atomic E-state index is 9.43. The molecule has 0 fully saturated rings. The molecule has 0 aliphatic rings. The number of aryl methyl sites for hydroxylation is 2. The quantitative estimate of drug-likeness (QED) is 0.418. The van der Waals surface area contributed by atoms with Crippen LogP contribution in [0.2, 0.25) is 0 Å². The Hall–Kier alpha value is -2.54. The molecule has 0 aliphatic carbocycles. The molecule has 6 heteroatoms. The predicted molar refractivity (Wildman–Crippen MR) is 109 cm³/mol. The van der Waals surface area contributed by atoms with E-state index >= 15 is 0 Å². The van der Waals surface area contributed by atoms with Crippen LogP contribution in [0.15, 0.2) is 60.7 Å². The second kappa shape index (κ2) is 9.96. The molecule has 2 aromatic carbocycles. The fourth-order valence-corrected chi connectivity index (χ4v) is 2.46. The van der Waals surface area contributed by atoms with Crippen LogP contribution in [0.3, 0.4) is 0 Å². The summed E-state index contributed by atoms with van der Waals surface area (Å²) in [6, 6.07) is 18.6. The number of rotatable bonds is 0. The topological polar surface area (TPSA) is 75.5 Å². The van der Waals surface area contributed by atoms with Gasteiger partial charge in [0.25, 0.3) is 0 Å². The first kappa shape index (κ1) is 20.8. The van der Waals surface area contributed by atoms with Gasteiger partial charge in [-0.3, -0.25) is 0 Å². The molecule has 0 saturated heterocycles. The summed E-state index contributed by atoms with van der Waals surface area (Å²) < 4.78 is 4.31. The number of benzene rings is 2. The van der Waals surface area contributed by atoms with Crippen LogP contribution in [-0.2, 0) is 3.53 Å². The summed E-state index contributed by atoms with van der Waals surface area (Å²) >= 11 is 1.28. The van der Waals surface area contributed by atoms with Crippen LogP contribution >= 0.6 is 0 Å². The zero-order chi connectivity index (χ0) is 19.8. The number of fused-ring (bicyclic) bond motifs is 2. The zero-order valence-corrected chi connectivity index (χ0v) is 18.0. The van der Waals surface area contributed by atoms with E-state index in [4.69, 9.17) is 0 Å². The molecule has 2 N–H and O–H groups in total. The number of phenolic OH excluding ortho intramolecular Hbond substituents is 2. The minimum atomic E-state index is 0.246. The second-order valence-corrected chi connectivity index (χ2v) is 6.83. The third kappa shape index (κ3) is 5.72. The molecule has 2 radical (unpaired) electrons. The largest absolute Gasteiger partial charge is 0.506 e. The van der Waals surface area contributed by atoms with E-state index in [0.29, 0.717) is 11.0 Å². The van der Waals surface area contributed by atoms with E-state index in [1.165, 1.54) is 19.0 Å². The molecule has 2 heterocycles. The van der Waals surface area contributed by atoms with Crippen LogP contribution in [0.25, 0.3) is 21.8 Å². The van der Waals surface area contributed by atoms with Crippen molar-refractivity contribution in [3.05, 3.63) is 72.1 Å². The Morgan fingerprint density at radius 1 is 0.704 bits per heavy atom. The number of aromatic nitrogens is 2. The molecule has 0 amide bonds. The Kier molecular flexibility index (Phi) is 7.66. The molecule has 4 aromatic rings. The van der Waals surface area contributed by atoms with E-state index in [1.54, 1.807) is 19.2 Å². The first-order valence-electron chi connectivity index (χ1n) is 8.29. The van der Waals surface area contributed by atoms with Crippen molar-refractivity contribution in [2.24, 2.45) is 0 Å². The standard InChI is InChI=1S/2C10H9NO.CH3O.Ga/c2*1-7-5-6-8-3-2-4-9(12)10(8)11-7;1-2;/h2*2-6,12H,1H3;1H3;/q;;-1;+1. The smallest absolute Gasteiger partial charge is 0.141 e. The molecular weight excluding hydrogens is 398 g/mol. The Balaban J connectivity index is 0.000000170. The molecule has 0 unspecified atom stereocenters. The van der Waals surface area contributed by atoms with Crippen LogP contribution < -0.4 is 0 Å². The summed E-state index contributed by atoms with van der Waals surface area (Å²) in [6.07, 6.45) is 0. The van der Waals surface area contributed by atoms with Gasteiger partial charge in [-0.2, -0.15) is 0 Å². The first-order valence-corrected chi connectivity index (χ1v) is 9.28. The number of para-hydroxylation sites is 2. The second-order valence-electron chi connectivity index (χ2n) is 5.84. The van der Waals surface area contributed by atoms with Crippen LogP contribution in [0.4, 0.5) is 0 Å². The van der Waals surface area contributed by atoms with E-state index in [0.717, 1.165) is 22.2 Å². The van der Waals surface area contributed by atoms with E-state index in [1.807, 2.05) is 62.4 Å². The van der Waals surface area contributed by atoms with Crippen molar-refractivity contribution in [1.29, 1.82) is 0 Å². The van der Waals surface area contributed by atoms with Crippen LogP contribution in [0.5, 0.6) is 11.5 Å². The van der Waals surface area contributed by atoms with Crippen molar-refractivity contribution < 1.29 is 13.7 Å². The Morgan fingerprint density at radius 2 is 1.07 bits per heavy atom. The number of phenols is 2. The van der Waals surface area contributed by atoms with Gasteiger partial charge in [-0.1, -0.05) is 36.4 Å². The van der Waals surface area contributed by atoms with E-state index in [9.17, 15) is 10.2 Å². The van der Waals surface area contributed by atoms with Gasteiger partial charge >= 0.3 is 29.6 Å². The Labute approximate surface area is 169 Å². The molecule has 0 bridgehead atoms. The maximum atomic E-state index is 9.43. The Morgan fingerprint density at radius 3 is 1.44 bits per heavy atom. The van der Waals surface area contributed by atoms with Crippen molar-refractivity contribution in [3.8, 4) is 11.5 Å². The van der Waals surface area contributed by atoms with Gasteiger partial charge in [0, 0.05) is 22.2 Å². The third-order valence-electron chi connectivity index (χ3n) is 3.68. The molecule has 0 atom stereocenters. The van der Waals surface area contributed by atoms with Gasteiger partial charge < -0.3 is 10.2 Å². The monoisotopic (exact) mass is 418 g/mol. The number of hydrogen-bond donors (Lipinski definition) is 2. The van der Waals surface area contributed by atoms with Crippen LogP contribution in [0.1, 0.15) is 11.4 Å². The predicted octanol–water partition coefficient (Wildman–Crippen LogP) is 4.21. The number of pyridine rings is 2. The molecule has 136 valence electrons. The molecule has 5 nitrogen and oxygen atoms in total. The van der Waals surface area contributed by atoms with Gasteiger partial charge in [0.05, 0.1) is 0 Å². The molecule has 4 rings (SSSR count). The Bertz CT molecular complexity index is 955. The van der Waals surface area contributed by atoms with E-state index in [2.05, 4.69) is 13.5 Å². The average Bonchev–Trinajstić information content (AvgIpc) is 2.65. The normalized spacial score (nSPS) is 9.89. The van der Waals surface area contributed by atoms with Crippen molar-refractivity contribution in [1.82, 2.24) is 9.97 Å². The summed E-state index contributed by atoms with van der Waals surface area (Å²) in [6.45, 7) is 3.82. The van der Waals surface area contributed by atoms with Gasteiger partial charge in [0.2, 0.25) is 0 Å². The summed E-state index contributed by atoms with van der Waals surface area (Å²) in [5.74, 6) is 0.493. The van der Waals surface area contributed by atoms with Crippen molar-refractivity contribution in [2.45, 2.75) is 13.8 Å². The minimum Gasteiger partial charge on any atom is -0.506 e. The SMILES string of the molecule is C[O][Ga].Cc1ccc2cccc(O)c2n1.Cc1ccc2cccc(O)c2n1. The maximum Gasteiger partial charge on any atom is 0.141 e. The molecule has 2 aromatic heterocycles. The van der Waals surface area contributed by atoms with Crippen LogP contribution in [0, 0.1) is 13.8 Å². The molecule has 0 saturated carbocycles. The minimum absolute atomic E-state index is 0.246. The summed E-state index contributed by atoms with van der Waals surface area (Å²) in [4.78, 5) is 8.45. The van der Waals surface area contributed by atoms with Crippen LogP contribution in [-0.4, -0.2) is 46.3 Å². The first-order chi connectivity index (χ1) is 13.0. The summed E-state index contributed by atoms with van der Waals surface area (Å²) in [5, 5.41) is 20.8. The fraction of sp³-hybridized carbons (Fsp3) is 0.143. The summed E-state index contributed by atoms with van der Waals surface area (Å²) in [5.41, 5.74) is 3.20. The average molecular weight is 419 g/mol. The number of nitrogens with zero attached hydrogens (tertiary/aromatic N) is 2. The van der Waals surface area contributed by atoms with E-state index in [-0.39, 0.29) is 11.5 Å². The molecule has 0 aliphatic heterocycles. The van der Waals surface area contributed by atoms with Crippen molar-refractivity contribution in [3.63, 3.8) is 0 Å². The molecular formula is C21H21GaN2O3. The van der Waals surface area contributed by atoms with Crippen molar-refractivity contribution >= 4 is 40.8 Å². The third-order valence-corrected chi connectivity index (χ3v) is 3.68. The molecule has 0 spiro atoms. The van der Waals surface area contributed by atoms with Gasteiger partial charge in [-0.05, 0) is 38.1 Å². The van der Waals surface area contributed by atoms with Gasteiger partial charge in [0.1, 0.15) is 22.5 Å². The summed E-state index contributed by atoms with van der Waals surface area (Å²) in [7, 11) is 1.65. The number of aromatic hydroxyl groups is 2. The molecule has 27 heavy (non-hydrogen) atoms. The fourth-order valence-electron chi connectivity index (χ4n) is 2.46. The number of hydrogen-bond acceptors (Lipinski definition) is 5. The van der Waals surface area contributed by atoms with Gasteiger partial charge in [0.15, 0.2) is 0 Å². The van der Waals surface area contributed by atoms with Crippen molar-refractivity contribution in [2.75, 3.05) is 7.11 Å².